The summed E-state index contributed by atoms with van der Waals surface area (Å²) in [4.78, 5) is 0. The van der Waals surface area contributed by atoms with E-state index in [-0.39, 0.29) is 0 Å². The molecule has 0 aliphatic rings. The van der Waals surface area contributed by atoms with E-state index in [2.05, 4.69) is 27.7 Å². The topological polar surface area (TPSA) is 0 Å². The van der Waals surface area contributed by atoms with E-state index in [0.29, 0.717) is 0 Å². The van der Waals surface area contributed by atoms with Crippen LogP contribution < -0.4 is 0 Å². The minimum Gasteiger partial charge on any atom is -0.0654 e. The molecule has 0 spiro atoms. The van der Waals surface area contributed by atoms with Crippen molar-refractivity contribution >= 4 is 0 Å². The Kier molecular flexibility index (Phi) is 19.3. The molecule has 0 heteroatoms. The number of unbranched alkanes of at least 4 members (excludes halogenated alkanes) is 9. The largest absolute Gasteiger partial charge is 0.0654 e. The van der Waals surface area contributed by atoms with Crippen LogP contribution in [-0.4, -0.2) is 0 Å². The van der Waals surface area contributed by atoms with Crippen LogP contribution in [0.3, 0.4) is 0 Å². The Morgan fingerprint density at radius 3 is 1.17 bits per heavy atom. The third-order valence-corrected chi connectivity index (χ3v) is 5.78. The maximum absolute atomic E-state index is 2.36. The van der Waals surface area contributed by atoms with Crippen molar-refractivity contribution in [3.8, 4) is 0 Å². The number of hydrogen-bond donors (Lipinski definition) is 0. The molecule has 0 nitrogen and oxygen atoms in total. The van der Waals surface area contributed by atoms with E-state index in [9.17, 15) is 0 Å². The first-order chi connectivity index (χ1) is 11.8. The van der Waals surface area contributed by atoms with Crippen LogP contribution in [0.25, 0.3) is 0 Å². The van der Waals surface area contributed by atoms with Crippen LogP contribution in [0.5, 0.6) is 0 Å². The molecule has 0 heterocycles. The molecule has 0 amide bonds. The van der Waals surface area contributed by atoms with E-state index in [1.165, 1.54) is 109 Å². The van der Waals surface area contributed by atoms with Crippen LogP contribution in [-0.2, 0) is 0 Å². The number of rotatable bonds is 19. The molecule has 24 heavy (non-hydrogen) atoms. The highest BCUT2D eigenvalue weighted by atomic mass is 14.2. The molecule has 0 aromatic heterocycles. The molecule has 0 aliphatic heterocycles. The van der Waals surface area contributed by atoms with Gasteiger partial charge in [-0.15, -0.1) is 0 Å². The minimum absolute atomic E-state index is 1.03. The average molecular weight is 339 g/mol. The van der Waals surface area contributed by atoms with E-state index >= 15 is 0 Å². The molecule has 0 fully saturated rings. The van der Waals surface area contributed by atoms with Gasteiger partial charge in [0.15, 0.2) is 0 Å². The molecule has 0 saturated carbocycles. The van der Waals surface area contributed by atoms with E-state index in [4.69, 9.17) is 0 Å². The third-order valence-electron chi connectivity index (χ3n) is 5.78. The summed E-state index contributed by atoms with van der Waals surface area (Å²) in [6.07, 6.45) is 26.3. The van der Waals surface area contributed by atoms with Crippen molar-refractivity contribution in [3.05, 3.63) is 0 Å². The Labute approximate surface area is 155 Å². The zero-order valence-electron chi connectivity index (χ0n) is 17.9. The highest BCUT2D eigenvalue weighted by Crippen LogP contribution is 2.30. The predicted molar refractivity (Wildman–Crippen MR) is 113 cm³/mol. The molecule has 0 radical (unpaired) electrons. The quantitative estimate of drug-likeness (QED) is 0.206. The van der Waals surface area contributed by atoms with E-state index < -0.39 is 0 Å². The Morgan fingerprint density at radius 2 is 0.708 bits per heavy atom. The van der Waals surface area contributed by atoms with Gasteiger partial charge in [-0.25, -0.2) is 0 Å². The van der Waals surface area contributed by atoms with Crippen LogP contribution in [0, 0.1) is 11.8 Å². The van der Waals surface area contributed by atoms with E-state index in [1.54, 1.807) is 6.42 Å². The van der Waals surface area contributed by atoms with Crippen molar-refractivity contribution in [2.45, 2.75) is 143 Å². The average Bonchev–Trinajstić information content (AvgIpc) is 2.59. The summed E-state index contributed by atoms with van der Waals surface area (Å²) < 4.78 is 0. The molecule has 0 N–H and O–H groups in total. The summed E-state index contributed by atoms with van der Waals surface area (Å²) in [5, 5.41) is 0. The molecule has 0 aromatic rings. The maximum atomic E-state index is 2.36. The van der Waals surface area contributed by atoms with Crippen LogP contribution in [0.2, 0.25) is 0 Å². The molecule has 0 rings (SSSR count). The molecule has 1 atom stereocenters. The second-order valence-corrected chi connectivity index (χ2v) is 8.30. The van der Waals surface area contributed by atoms with Crippen molar-refractivity contribution in [2.75, 3.05) is 0 Å². The minimum atomic E-state index is 1.03. The Hall–Kier alpha value is 0. The molecular weight excluding hydrogens is 288 g/mol. The molecule has 0 aromatic carbocycles. The zero-order valence-corrected chi connectivity index (χ0v) is 17.9. The van der Waals surface area contributed by atoms with Gasteiger partial charge in [0.2, 0.25) is 0 Å². The van der Waals surface area contributed by atoms with Gasteiger partial charge in [0, 0.05) is 0 Å². The highest BCUT2D eigenvalue weighted by Gasteiger charge is 2.16. The van der Waals surface area contributed by atoms with Gasteiger partial charge in [0.05, 0.1) is 0 Å². The zero-order chi connectivity index (χ0) is 17.9. The predicted octanol–water partition coefficient (Wildman–Crippen LogP) is 9.32. The smallest absolute Gasteiger partial charge is 0.0412 e. The molecule has 0 aliphatic carbocycles. The maximum Gasteiger partial charge on any atom is -0.0412 e. The number of hydrogen-bond acceptors (Lipinski definition) is 0. The molecular formula is C24H50. The summed E-state index contributed by atoms with van der Waals surface area (Å²) in [6.45, 7) is 9.36. The molecule has 0 bridgehead atoms. The van der Waals surface area contributed by atoms with Crippen molar-refractivity contribution in [1.29, 1.82) is 0 Å². The molecule has 1 unspecified atom stereocenters. The fraction of sp³-hybridized carbons (Fsp3) is 1.00. The Bertz CT molecular complexity index is 210. The first-order valence-electron chi connectivity index (χ1n) is 11.8. The van der Waals surface area contributed by atoms with Crippen molar-refractivity contribution < 1.29 is 0 Å². The second kappa shape index (κ2) is 19.3. The summed E-state index contributed by atoms with van der Waals surface area (Å²) in [7, 11) is 0. The first-order valence-corrected chi connectivity index (χ1v) is 11.8. The Balaban J connectivity index is 4.26. The lowest BCUT2D eigenvalue weighted by molar-refractivity contribution is 0.285. The van der Waals surface area contributed by atoms with Gasteiger partial charge in [-0.2, -0.15) is 0 Å². The monoisotopic (exact) mass is 338 g/mol. The van der Waals surface area contributed by atoms with Crippen molar-refractivity contribution in [2.24, 2.45) is 11.8 Å². The van der Waals surface area contributed by atoms with Gasteiger partial charge in [0.25, 0.3) is 0 Å². The van der Waals surface area contributed by atoms with Gasteiger partial charge in [-0.3, -0.25) is 0 Å². The van der Waals surface area contributed by atoms with Gasteiger partial charge in [-0.1, -0.05) is 137 Å². The van der Waals surface area contributed by atoms with Crippen LogP contribution in [0.1, 0.15) is 143 Å². The van der Waals surface area contributed by atoms with Crippen LogP contribution in [0.4, 0.5) is 0 Å². The van der Waals surface area contributed by atoms with Gasteiger partial charge >= 0.3 is 0 Å². The molecule has 0 saturated heterocycles. The summed E-state index contributed by atoms with van der Waals surface area (Å²) >= 11 is 0. The lowest BCUT2D eigenvalue weighted by Crippen LogP contribution is -2.10. The second-order valence-electron chi connectivity index (χ2n) is 8.30. The van der Waals surface area contributed by atoms with Gasteiger partial charge in [-0.05, 0) is 18.3 Å². The normalized spacial score (nSPS) is 12.9. The van der Waals surface area contributed by atoms with Crippen LogP contribution in [0.15, 0.2) is 0 Å². The third kappa shape index (κ3) is 15.5. The standard InChI is InChI=1S/C24H50/c1-5-9-13-14-17-21-23(18-12-8-4)22-24(19-15-10-6-2)20-16-11-7-3/h23-24H,5-22H2,1-4H3. The fourth-order valence-electron chi connectivity index (χ4n) is 4.13. The lowest BCUT2D eigenvalue weighted by Gasteiger charge is -2.24. The van der Waals surface area contributed by atoms with Crippen LogP contribution >= 0.6 is 0 Å². The summed E-state index contributed by atoms with van der Waals surface area (Å²) in [5.74, 6) is 2.06. The van der Waals surface area contributed by atoms with Gasteiger partial charge < -0.3 is 0 Å². The fourth-order valence-corrected chi connectivity index (χ4v) is 4.13. The summed E-state index contributed by atoms with van der Waals surface area (Å²) in [6, 6.07) is 0. The van der Waals surface area contributed by atoms with Gasteiger partial charge in [0.1, 0.15) is 0 Å². The highest BCUT2D eigenvalue weighted by molar-refractivity contribution is 4.68. The first kappa shape index (κ1) is 24.0. The Morgan fingerprint density at radius 1 is 0.375 bits per heavy atom. The van der Waals surface area contributed by atoms with E-state index in [0.717, 1.165) is 11.8 Å². The van der Waals surface area contributed by atoms with E-state index in [1.807, 2.05) is 0 Å². The molecule has 146 valence electrons. The SMILES string of the molecule is CCCCCCCC(CCCC)CC(CCCCC)CCCCC. The van der Waals surface area contributed by atoms with Crippen molar-refractivity contribution in [3.63, 3.8) is 0 Å². The van der Waals surface area contributed by atoms with Crippen molar-refractivity contribution in [1.82, 2.24) is 0 Å². The summed E-state index contributed by atoms with van der Waals surface area (Å²) in [5.41, 5.74) is 0. The lowest BCUT2D eigenvalue weighted by atomic mass is 9.82.